The molecule has 0 saturated heterocycles. The van der Waals surface area contributed by atoms with Crippen molar-refractivity contribution in [2.45, 2.75) is 129 Å². The lowest BCUT2D eigenvalue weighted by Crippen LogP contribution is -2.52. The number of rotatable bonds is 18. The molecule has 0 aliphatic heterocycles. The van der Waals surface area contributed by atoms with Crippen molar-refractivity contribution in [1.82, 2.24) is 9.80 Å². The summed E-state index contributed by atoms with van der Waals surface area (Å²) < 4.78 is 0. The van der Waals surface area contributed by atoms with Crippen LogP contribution in [-0.4, -0.2) is 80.4 Å². The molecule has 3 N–H and O–H groups in total. The Bertz CT molecular complexity index is 1230. The van der Waals surface area contributed by atoms with E-state index in [1.165, 1.54) is 0 Å². The van der Waals surface area contributed by atoms with Crippen molar-refractivity contribution >= 4 is 11.8 Å². The molecule has 250 valence electrons. The minimum absolute atomic E-state index is 0.0457. The van der Waals surface area contributed by atoms with Gasteiger partial charge in [-0.1, -0.05) is 82.9 Å². The molecule has 0 bridgehead atoms. The van der Waals surface area contributed by atoms with E-state index in [0.29, 0.717) is 36.9 Å². The molecule has 2 aromatic carbocycles. The fraction of sp³-hybridized carbons (Fsp3) is 0.632. The van der Waals surface area contributed by atoms with Crippen molar-refractivity contribution < 1.29 is 24.9 Å². The highest BCUT2D eigenvalue weighted by Crippen LogP contribution is 2.39. The van der Waals surface area contributed by atoms with E-state index >= 15 is 0 Å². The average molecular weight is 623 g/mol. The summed E-state index contributed by atoms with van der Waals surface area (Å²) >= 11 is 0. The van der Waals surface area contributed by atoms with Crippen LogP contribution in [0.4, 0.5) is 0 Å². The van der Waals surface area contributed by atoms with Crippen LogP contribution in [0.2, 0.25) is 0 Å². The summed E-state index contributed by atoms with van der Waals surface area (Å²) in [5.41, 5.74) is 3.33. The number of carbonyl (C=O) groups excluding carboxylic acids is 2. The Kier molecular flexibility index (Phi) is 14.1. The molecule has 1 aliphatic rings. The second-order valence-electron chi connectivity index (χ2n) is 13.0. The van der Waals surface area contributed by atoms with Gasteiger partial charge in [-0.05, 0) is 88.0 Å². The highest BCUT2D eigenvalue weighted by molar-refractivity contribution is 5.97. The number of aryl methyl sites for hydroxylation is 2. The van der Waals surface area contributed by atoms with Gasteiger partial charge < -0.3 is 25.1 Å². The molecular weight excluding hydrogens is 564 g/mol. The van der Waals surface area contributed by atoms with Gasteiger partial charge in [-0.25, -0.2) is 0 Å². The van der Waals surface area contributed by atoms with E-state index in [4.69, 9.17) is 0 Å². The predicted octanol–water partition coefficient (Wildman–Crippen LogP) is 6.48. The minimum Gasteiger partial charge on any atom is -0.395 e. The van der Waals surface area contributed by atoms with Gasteiger partial charge in [0.05, 0.1) is 19.3 Å². The Morgan fingerprint density at radius 1 is 0.889 bits per heavy atom. The third-order valence-electron chi connectivity index (χ3n) is 10.5. The molecule has 1 saturated carbocycles. The van der Waals surface area contributed by atoms with Crippen molar-refractivity contribution in [1.29, 1.82) is 0 Å². The Balaban J connectivity index is 1.83. The number of benzene rings is 2. The summed E-state index contributed by atoms with van der Waals surface area (Å²) in [6.07, 6.45) is 8.95. The quantitative estimate of drug-likeness (QED) is 0.177. The van der Waals surface area contributed by atoms with Crippen LogP contribution in [0.3, 0.4) is 0 Å². The first-order valence-electron chi connectivity index (χ1n) is 17.4. The van der Waals surface area contributed by atoms with Crippen LogP contribution in [0.1, 0.15) is 129 Å². The van der Waals surface area contributed by atoms with E-state index in [-0.39, 0.29) is 42.7 Å². The maximum Gasteiger partial charge on any atom is 0.254 e. The number of carbonyl (C=O) groups is 2. The molecule has 1 unspecified atom stereocenters. The van der Waals surface area contributed by atoms with E-state index in [0.717, 1.165) is 74.5 Å². The SMILES string of the molecule is CCCC(CC)(CC)N(CCO)C(=O)c1cc(C)ccc1CC(O)CCc1ccccc1C(=O)N(CCO)C1(CC)CCCC1. The Hall–Kier alpha value is -2.74. The van der Waals surface area contributed by atoms with Gasteiger partial charge in [-0.15, -0.1) is 0 Å². The highest BCUT2D eigenvalue weighted by Gasteiger charge is 2.41. The number of hydrogen-bond donors (Lipinski definition) is 3. The smallest absolute Gasteiger partial charge is 0.254 e. The van der Waals surface area contributed by atoms with Crippen molar-refractivity contribution in [2.24, 2.45) is 0 Å². The fourth-order valence-electron chi connectivity index (χ4n) is 7.72. The van der Waals surface area contributed by atoms with Crippen LogP contribution in [0.25, 0.3) is 0 Å². The van der Waals surface area contributed by atoms with Gasteiger partial charge in [0.25, 0.3) is 11.8 Å². The largest absolute Gasteiger partial charge is 0.395 e. The second-order valence-corrected chi connectivity index (χ2v) is 13.0. The lowest BCUT2D eigenvalue weighted by molar-refractivity contribution is 0.0331. The molecule has 45 heavy (non-hydrogen) atoms. The van der Waals surface area contributed by atoms with Crippen LogP contribution < -0.4 is 0 Å². The normalized spacial score (nSPS) is 15.2. The van der Waals surface area contributed by atoms with E-state index < -0.39 is 6.10 Å². The number of β-amino-alcohol motifs (C(OH)–C–C–N with tert-alkyl or cyclic N) is 2. The lowest BCUT2D eigenvalue weighted by Gasteiger charge is -2.43. The first-order chi connectivity index (χ1) is 21.6. The monoisotopic (exact) mass is 622 g/mol. The average Bonchev–Trinajstić information content (AvgIpc) is 3.55. The van der Waals surface area contributed by atoms with Crippen LogP contribution in [0.15, 0.2) is 42.5 Å². The maximum atomic E-state index is 14.2. The maximum absolute atomic E-state index is 14.2. The molecule has 0 heterocycles. The van der Waals surface area contributed by atoms with Crippen molar-refractivity contribution in [3.8, 4) is 0 Å². The van der Waals surface area contributed by atoms with E-state index in [9.17, 15) is 24.9 Å². The third-order valence-corrected chi connectivity index (χ3v) is 10.5. The van der Waals surface area contributed by atoms with Gasteiger partial charge in [0.2, 0.25) is 0 Å². The molecule has 1 aliphatic carbocycles. The molecule has 0 spiro atoms. The van der Waals surface area contributed by atoms with Crippen LogP contribution in [-0.2, 0) is 12.8 Å². The summed E-state index contributed by atoms with van der Waals surface area (Å²) in [5.74, 6) is -0.139. The molecule has 3 rings (SSSR count). The van der Waals surface area contributed by atoms with E-state index in [1.54, 1.807) is 0 Å². The molecule has 0 aromatic heterocycles. The molecule has 2 aromatic rings. The molecule has 1 atom stereocenters. The Labute approximate surface area is 271 Å². The van der Waals surface area contributed by atoms with Crippen LogP contribution >= 0.6 is 0 Å². The Morgan fingerprint density at radius 3 is 2.16 bits per heavy atom. The summed E-state index contributed by atoms with van der Waals surface area (Å²) in [4.78, 5) is 31.9. The van der Waals surface area contributed by atoms with Gasteiger partial charge >= 0.3 is 0 Å². The molecule has 2 amide bonds. The van der Waals surface area contributed by atoms with Gasteiger partial charge in [-0.2, -0.15) is 0 Å². The van der Waals surface area contributed by atoms with E-state index in [1.807, 2.05) is 59.2 Å². The molecule has 7 heteroatoms. The number of amides is 2. The first-order valence-corrected chi connectivity index (χ1v) is 17.4. The second kappa shape index (κ2) is 17.3. The summed E-state index contributed by atoms with van der Waals surface area (Å²) in [6.45, 7) is 10.9. The standard InChI is InChI=1S/C38H58N2O5/c1-6-20-37(7-2,8-3)39(23-25-41)36(45)34-27-29(5)16-17-31(34)28-32(43)19-18-30-14-10-11-15-33(30)35(44)40(24-26-42)38(9-4)21-12-13-22-38/h10-11,14-17,27,32,41-43H,6-9,12-13,18-26,28H2,1-5H3. The van der Waals surface area contributed by atoms with Gasteiger partial charge in [0.15, 0.2) is 0 Å². The number of aliphatic hydroxyl groups is 3. The predicted molar refractivity (Wildman–Crippen MR) is 182 cm³/mol. The summed E-state index contributed by atoms with van der Waals surface area (Å²) in [5, 5.41) is 31.1. The first kappa shape index (κ1) is 36.7. The van der Waals surface area contributed by atoms with Gasteiger partial charge in [-0.3, -0.25) is 9.59 Å². The number of aliphatic hydroxyl groups excluding tert-OH is 3. The van der Waals surface area contributed by atoms with Crippen molar-refractivity contribution in [3.63, 3.8) is 0 Å². The van der Waals surface area contributed by atoms with Crippen LogP contribution in [0.5, 0.6) is 0 Å². The van der Waals surface area contributed by atoms with Crippen molar-refractivity contribution in [3.05, 3.63) is 70.3 Å². The highest BCUT2D eigenvalue weighted by atomic mass is 16.3. The zero-order valence-electron chi connectivity index (χ0n) is 28.5. The van der Waals surface area contributed by atoms with Crippen molar-refractivity contribution in [2.75, 3.05) is 26.3 Å². The third kappa shape index (κ3) is 8.55. The van der Waals surface area contributed by atoms with Gasteiger partial charge in [0.1, 0.15) is 0 Å². The fourth-order valence-corrected chi connectivity index (χ4v) is 7.72. The zero-order valence-corrected chi connectivity index (χ0v) is 28.5. The zero-order chi connectivity index (χ0) is 33.0. The molecule has 1 fully saturated rings. The van der Waals surface area contributed by atoms with Gasteiger partial charge in [0, 0.05) is 35.3 Å². The molecule has 7 nitrogen and oxygen atoms in total. The number of hydrogen-bond acceptors (Lipinski definition) is 5. The van der Waals surface area contributed by atoms with E-state index in [2.05, 4.69) is 27.7 Å². The van der Waals surface area contributed by atoms with Crippen LogP contribution in [0, 0.1) is 6.92 Å². The lowest BCUT2D eigenvalue weighted by atomic mass is 9.84. The summed E-state index contributed by atoms with van der Waals surface area (Å²) in [7, 11) is 0. The molecule has 0 radical (unpaired) electrons. The number of nitrogens with zero attached hydrogens (tertiary/aromatic N) is 2. The minimum atomic E-state index is -0.711. The molecular formula is C38H58N2O5. The topological polar surface area (TPSA) is 101 Å². The summed E-state index contributed by atoms with van der Waals surface area (Å²) in [6, 6.07) is 13.5. The Morgan fingerprint density at radius 2 is 1.56 bits per heavy atom.